The van der Waals surface area contributed by atoms with Crippen LogP contribution in [-0.4, -0.2) is 28.4 Å². The van der Waals surface area contributed by atoms with Crippen LogP contribution < -0.4 is 10.1 Å². The van der Waals surface area contributed by atoms with E-state index in [0.717, 1.165) is 0 Å². The number of aryl methyl sites for hydroxylation is 1. The number of rotatable bonds is 4. The number of hydrogen-bond donors (Lipinski definition) is 2. The summed E-state index contributed by atoms with van der Waals surface area (Å²) in [4.78, 5) is 12.0. The Morgan fingerprint density at radius 1 is 1.45 bits per heavy atom. The molecule has 1 aromatic carbocycles. The first-order valence-electron chi connectivity index (χ1n) is 6.04. The number of aromatic amines is 1. The van der Waals surface area contributed by atoms with Gasteiger partial charge in [0.2, 0.25) is 0 Å². The van der Waals surface area contributed by atoms with Gasteiger partial charge in [0.05, 0.1) is 18.8 Å². The predicted octanol–water partition coefficient (Wildman–Crippen LogP) is 1.75. The molecule has 2 rings (SSSR count). The smallest absolute Gasteiger partial charge is 0.274 e. The third kappa shape index (κ3) is 2.76. The Bertz CT molecular complexity index is 627. The average molecular weight is 278 g/mol. The van der Waals surface area contributed by atoms with Gasteiger partial charge >= 0.3 is 0 Å². The number of carbonyl (C=O) groups excluding carboxylic acids is 1. The highest BCUT2D eigenvalue weighted by Gasteiger charge is 2.17. The number of carbonyl (C=O) groups is 1. The third-order valence-electron chi connectivity index (χ3n) is 2.96. The molecule has 0 aliphatic rings. The van der Waals surface area contributed by atoms with Crippen molar-refractivity contribution in [2.45, 2.75) is 19.9 Å². The van der Waals surface area contributed by atoms with Crippen molar-refractivity contribution < 1.29 is 13.9 Å². The summed E-state index contributed by atoms with van der Waals surface area (Å²) in [5.41, 5.74) is 1.37. The standard InChI is InChI=1S/C13H15FN4O2/c1-7(9-4-5-11(20-3)10(14)6-9)15-13(19)12-8(2)16-18-17-12/h4-7H,1-3H3,(H,15,19)(H,16,17,18). The number of nitrogens with zero attached hydrogens (tertiary/aromatic N) is 2. The molecular weight excluding hydrogens is 263 g/mol. The highest BCUT2D eigenvalue weighted by atomic mass is 19.1. The van der Waals surface area contributed by atoms with Crippen LogP contribution in [0.2, 0.25) is 0 Å². The van der Waals surface area contributed by atoms with Crippen LogP contribution in [0.25, 0.3) is 0 Å². The molecule has 1 heterocycles. The number of H-pyrrole nitrogens is 1. The Morgan fingerprint density at radius 3 is 2.75 bits per heavy atom. The van der Waals surface area contributed by atoms with Gasteiger partial charge in [-0.15, -0.1) is 0 Å². The number of methoxy groups -OCH3 is 1. The highest BCUT2D eigenvalue weighted by molar-refractivity contribution is 5.93. The van der Waals surface area contributed by atoms with Gasteiger partial charge in [-0.25, -0.2) is 4.39 Å². The normalized spacial score (nSPS) is 12.0. The van der Waals surface area contributed by atoms with Crippen molar-refractivity contribution in [2.75, 3.05) is 7.11 Å². The fourth-order valence-electron chi connectivity index (χ4n) is 1.80. The Hall–Kier alpha value is -2.44. The van der Waals surface area contributed by atoms with Crippen LogP contribution in [0.3, 0.4) is 0 Å². The van der Waals surface area contributed by atoms with Crippen molar-refractivity contribution in [1.29, 1.82) is 0 Å². The second kappa shape index (κ2) is 5.68. The molecule has 0 bridgehead atoms. The van der Waals surface area contributed by atoms with Gasteiger partial charge in [0, 0.05) is 0 Å². The molecule has 20 heavy (non-hydrogen) atoms. The number of benzene rings is 1. The molecule has 0 aliphatic heterocycles. The Balaban J connectivity index is 2.12. The Morgan fingerprint density at radius 2 is 2.20 bits per heavy atom. The topological polar surface area (TPSA) is 79.9 Å². The second-order valence-electron chi connectivity index (χ2n) is 4.35. The van der Waals surface area contributed by atoms with Crippen LogP contribution in [0.5, 0.6) is 5.75 Å². The van der Waals surface area contributed by atoms with Gasteiger partial charge in [0.25, 0.3) is 5.91 Å². The van der Waals surface area contributed by atoms with Crippen molar-refractivity contribution in [1.82, 2.24) is 20.7 Å². The summed E-state index contributed by atoms with van der Waals surface area (Å²) in [5.74, 6) is -0.664. The summed E-state index contributed by atoms with van der Waals surface area (Å²) < 4.78 is 18.5. The van der Waals surface area contributed by atoms with Gasteiger partial charge in [0.1, 0.15) is 0 Å². The van der Waals surface area contributed by atoms with Crippen molar-refractivity contribution in [2.24, 2.45) is 0 Å². The summed E-state index contributed by atoms with van der Waals surface area (Å²) in [6, 6.07) is 4.19. The summed E-state index contributed by atoms with van der Waals surface area (Å²) in [6.45, 7) is 3.44. The van der Waals surface area contributed by atoms with Crippen LogP contribution in [-0.2, 0) is 0 Å². The molecule has 7 heteroatoms. The lowest BCUT2D eigenvalue weighted by molar-refractivity contribution is 0.0934. The zero-order valence-electron chi connectivity index (χ0n) is 11.4. The Kier molecular flexibility index (Phi) is 3.97. The molecule has 0 radical (unpaired) electrons. The lowest BCUT2D eigenvalue weighted by Gasteiger charge is -2.14. The zero-order valence-corrected chi connectivity index (χ0v) is 11.4. The van der Waals surface area contributed by atoms with E-state index >= 15 is 0 Å². The number of nitrogens with one attached hydrogen (secondary N) is 2. The first-order chi connectivity index (χ1) is 9.52. The monoisotopic (exact) mass is 278 g/mol. The molecule has 2 aromatic rings. The van der Waals surface area contributed by atoms with Gasteiger partial charge in [-0.1, -0.05) is 6.07 Å². The molecule has 106 valence electrons. The largest absolute Gasteiger partial charge is 0.494 e. The molecule has 1 unspecified atom stereocenters. The average Bonchev–Trinajstić information content (AvgIpc) is 2.84. The van der Waals surface area contributed by atoms with Crippen molar-refractivity contribution >= 4 is 5.91 Å². The molecule has 1 atom stereocenters. The summed E-state index contributed by atoms with van der Waals surface area (Å²) in [7, 11) is 1.40. The molecule has 0 saturated carbocycles. The lowest BCUT2D eigenvalue weighted by atomic mass is 10.1. The molecule has 6 nitrogen and oxygen atoms in total. The van der Waals surface area contributed by atoms with Gasteiger partial charge in [-0.2, -0.15) is 15.4 Å². The number of halogens is 1. The zero-order chi connectivity index (χ0) is 14.7. The number of aromatic nitrogens is 3. The van der Waals surface area contributed by atoms with E-state index in [4.69, 9.17) is 4.74 Å². The van der Waals surface area contributed by atoms with Crippen LogP contribution >= 0.6 is 0 Å². The van der Waals surface area contributed by atoms with Crippen LogP contribution in [0.15, 0.2) is 18.2 Å². The minimum absolute atomic E-state index is 0.166. The molecule has 0 spiro atoms. The van der Waals surface area contributed by atoms with Crippen LogP contribution in [0.1, 0.15) is 34.7 Å². The van der Waals surface area contributed by atoms with Gasteiger partial charge in [-0.3, -0.25) is 4.79 Å². The fraction of sp³-hybridized carbons (Fsp3) is 0.308. The maximum Gasteiger partial charge on any atom is 0.274 e. The van der Waals surface area contributed by atoms with Gasteiger partial charge in [-0.05, 0) is 31.5 Å². The first-order valence-corrected chi connectivity index (χ1v) is 6.04. The van der Waals surface area contributed by atoms with E-state index in [0.29, 0.717) is 11.3 Å². The Labute approximate surface area is 115 Å². The third-order valence-corrected chi connectivity index (χ3v) is 2.96. The van der Waals surface area contributed by atoms with Crippen LogP contribution in [0.4, 0.5) is 4.39 Å². The minimum atomic E-state index is -0.469. The first kappa shape index (κ1) is 14.0. The molecular formula is C13H15FN4O2. The van der Waals surface area contributed by atoms with Crippen molar-refractivity contribution in [3.05, 3.63) is 41.0 Å². The summed E-state index contributed by atoms with van der Waals surface area (Å²) >= 11 is 0. The van der Waals surface area contributed by atoms with E-state index < -0.39 is 5.82 Å². The molecule has 2 N–H and O–H groups in total. The second-order valence-corrected chi connectivity index (χ2v) is 4.35. The van der Waals surface area contributed by atoms with E-state index in [-0.39, 0.29) is 23.4 Å². The summed E-state index contributed by atoms with van der Waals surface area (Å²) in [5, 5.41) is 12.7. The van der Waals surface area contributed by atoms with E-state index in [2.05, 4.69) is 20.7 Å². The fourth-order valence-corrected chi connectivity index (χ4v) is 1.80. The maximum absolute atomic E-state index is 13.6. The molecule has 1 aromatic heterocycles. The molecule has 1 amide bonds. The highest BCUT2D eigenvalue weighted by Crippen LogP contribution is 2.21. The predicted molar refractivity (Wildman–Crippen MR) is 70.0 cm³/mol. The molecule has 0 fully saturated rings. The SMILES string of the molecule is COc1ccc(C(C)NC(=O)c2n[nH]nc2C)cc1F. The summed E-state index contributed by atoms with van der Waals surface area (Å²) in [6.07, 6.45) is 0. The quantitative estimate of drug-likeness (QED) is 0.893. The lowest BCUT2D eigenvalue weighted by Crippen LogP contribution is -2.27. The number of hydrogen-bond acceptors (Lipinski definition) is 4. The van der Waals surface area contributed by atoms with E-state index in [1.54, 1.807) is 19.9 Å². The van der Waals surface area contributed by atoms with E-state index in [1.165, 1.54) is 19.2 Å². The number of amides is 1. The minimum Gasteiger partial charge on any atom is -0.494 e. The van der Waals surface area contributed by atoms with Gasteiger partial charge in [0.15, 0.2) is 17.3 Å². The van der Waals surface area contributed by atoms with Crippen molar-refractivity contribution in [3.63, 3.8) is 0 Å². The van der Waals surface area contributed by atoms with Crippen molar-refractivity contribution in [3.8, 4) is 5.75 Å². The van der Waals surface area contributed by atoms with E-state index in [9.17, 15) is 9.18 Å². The van der Waals surface area contributed by atoms with Crippen LogP contribution in [0, 0.1) is 12.7 Å². The number of ether oxygens (including phenoxy) is 1. The van der Waals surface area contributed by atoms with Gasteiger partial charge < -0.3 is 10.1 Å². The maximum atomic E-state index is 13.6. The molecule has 0 saturated heterocycles. The van der Waals surface area contributed by atoms with E-state index in [1.807, 2.05) is 0 Å². The molecule has 0 aliphatic carbocycles.